The quantitative estimate of drug-likeness (QED) is 0.854. The minimum Gasteiger partial charge on any atom is -0.354 e. The Labute approximate surface area is 118 Å². The van der Waals surface area contributed by atoms with Gasteiger partial charge in [-0.25, -0.2) is 9.97 Å². The van der Waals surface area contributed by atoms with Crippen LogP contribution < -0.4 is 4.90 Å². The highest BCUT2D eigenvalue weighted by Gasteiger charge is 2.25. The summed E-state index contributed by atoms with van der Waals surface area (Å²) >= 11 is 0. The molecule has 0 amide bonds. The molecule has 1 saturated heterocycles. The van der Waals surface area contributed by atoms with Crippen LogP contribution >= 0.6 is 0 Å². The molecule has 0 spiro atoms. The fourth-order valence-corrected chi connectivity index (χ4v) is 2.78. The van der Waals surface area contributed by atoms with Crippen LogP contribution in [0.4, 0.5) is 5.82 Å². The first-order chi connectivity index (χ1) is 9.86. The van der Waals surface area contributed by atoms with E-state index in [0.29, 0.717) is 11.6 Å². The molecule has 1 fully saturated rings. The number of nitriles is 1. The van der Waals surface area contributed by atoms with Crippen molar-refractivity contribution in [1.82, 2.24) is 9.97 Å². The largest absolute Gasteiger partial charge is 0.354 e. The second kappa shape index (κ2) is 5.70. The van der Waals surface area contributed by atoms with Crippen molar-refractivity contribution in [3.63, 3.8) is 0 Å². The lowest BCUT2D eigenvalue weighted by Gasteiger charge is -2.17. The molecule has 2 heterocycles. The van der Waals surface area contributed by atoms with E-state index in [1.807, 2.05) is 6.07 Å². The lowest BCUT2D eigenvalue weighted by Crippen LogP contribution is -2.22. The van der Waals surface area contributed by atoms with E-state index >= 15 is 0 Å². The van der Waals surface area contributed by atoms with Gasteiger partial charge in [-0.05, 0) is 24.3 Å². The predicted molar refractivity (Wildman–Crippen MR) is 77.2 cm³/mol. The van der Waals surface area contributed by atoms with Gasteiger partial charge >= 0.3 is 0 Å². The number of nitrogens with zero attached hydrogens (tertiary/aromatic N) is 4. The fraction of sp³-hybridized carbons (Fsp3) is 0.312. The number of aromatic nitrogens is 2. The van der Waals surface area contributed by atoms with Crippen molar-refractivity contribution < 1.29 is 0 Å². The Morgan fingerprint density at radius 3 is 2.80 bits per heavy atom. The van der Waals surface area contributed by atoms with E-state index in [9.17, 15) is 0 Å². The van der Waals surface area contributed by atoms with Crippen LogP contribution in [0.2, 0.25) is 0 Å². The molecule has 1 atom stereocenters. The average Bonchev–Trinajstić information content (AvgIpc) is 2.96. The molecular weight excluding hydrogens is 248 g/mol. The lowest BCUT2D eigenvalue weighted by molar-refractivity contribution is 0.586. The third-order valence-electron chi connectivity index (χ3n) is 3.74. The molecule has 100 valence electrons. The van der Waals surface area contributed by atoms with Gasteiger partial charge in [-0.1, -0.05) is 30.3 Å². The zero-order valence-electron chi connectivity index (χ0n) is 11.2. The number of rotatable bonds is 3. The van der Waals surface area contributed by atoms with Gasteiger partial charge in [0, 0.05) is 25.5 Å². The van der Waals surface area contributed by atoms with E-state index in [4.69, 9.17) is 5.26 Å². The van der Waals surface area contributed by atoms with Crippen molar-refractivity contribution in [2.24, 2.45) is 5.92 Å². The molecule has 1 aliphatic heterocycles. The maximum absolute atomic E-state index is 9.10. The first-order valence-corrected chi connectivity index (χ1v) is 6.87. The smallest absolute Gasteiger partial charge is 0.183 e. The Kier molecular flexibility index (Phi) is 3.60. The Morgan fingerprint density at radius 1 is 1.20 bits per heavy atom. The first kappa shape index (κ1) is 12.6. The lowest BCUT2D eigenvalue weighted by atomic mass is 9.99. The molecular formula is C16H16N4. The second-order valence-corrected chi connectivity index (χ2v) is 5.13. The molecule has 4 nitrogen and oxygen atoms in total. The summed E-state index contributed by atoms with van der Waals surface area (Å²) in [5.41, 5.74) is 1.80. The highest BCUT2D eigenvalue weighted by atomic mass is 15.2. The van der Waals surface area contributed by atoms with Crippen LogP contribution in [-0.4, -0.2) is 23.1 Å². The van der Waals surface area contributed by atoms with E-state index in [2.05, 4.69) is 45.2 Å². The van der Waals surface area contributed by atoms with Crippen molar-refractivity contribution in [3.05, 3.63) is 54.0 Å². The molecule has 0 N–H and O–H groups in total. The highest BCUT2D eigenvalue weighted by molar-refractivity contribution is 5.50. The molecule has 1 aromatic carbocycles. The van der Waals surface area contributed by atoms with Gasteiger partial charge in [0.05, 0.1) is 0 Å². The molecule has 0 unspecified atom stereocenters. The van der Waals surface area contributed by atoms with Gasteiger partial charge < -0.3 is 4.90 Å². The second-order valence-electron chi connectivity index (χ2n) is 5.13. The van der Waals surface area contributed by atoms with E-state index < -0.39 is 0 Å². The maximum Gasteiger partial charge on any atom is 0.183 e. The number of hydrogen-bond donors (Lipinski definition) is 0. The van der Waals surface area contributed by atoms with Crippen LogP contribution in [-0.2, 0) is 6.42 Å². The van der Waals surface area contributed by atoms with Crippen LogP contribution in [0.1, 0.15) is 17.7 Å². The van der Waals surface area contributed by atoms with Crippen LogP contribution in [0, 0.1) is 17.2 Å². The first-order valence-electron chi connectivity index (χ1n) is 6.87. The molecule has 3 rings (SSSR count). The van der Waals surface area contributed by atoms with E-state index in [0.717, 1.165) is 31.7 Å². The summed E-state index contributed by atoms with van der Waals surface area (Å²) in [7, 11) is 0. The standard InChI is InChI=1S/C16H16N4/c17-11-15-16(19-8-7-18-15)20-9-6-14(12-20)10-13-4-2-1-3-5-13/h1-5,7-8,14H,6,9-10,12H2/t14-/m0/s1. The van der Waals surface area contributed by atoms with Gasteiger partial charge in [0.1, 0.15) is 6.07 Å². The summed E-state index contributed by atoms with van der Waals surface area (Å²) in [5.74, 6) is 1.34. The number of hydrogen-bond acceptors (Lipinski definition) is 4. The highest BCUT2D eigenvalue weighted by Crippen LogP contribution is 2.26. The van der Waals surface area contributed by atoms with Gasteiger partial charge in [0.2, 0.25) is 0 Å². The van der Waals surface area contributed by atoms with Crippen molar-refractivity contribution in [1.29, 1.82) is 5.26 Å². The Morgan fingerprint density at radius 2 is 2.00 bits per heavy atom. The topological polar surface area (TPSA) is 52.8 Å². The third-order valence-corrected chi connectivity index (χ3v) is 3.74. The van der Waals surface area contributed by atoms with Gasteiger partial charge in [-0.15, -0.1) is 0 Å². The normalized spacial score (nSPS) is 17.9. The van der Waals surface area contributed by atoms with Gasteiger partial charge in [-0.3, -0.25) is 0 Å². The molecule has 0 aliphatic carbocycles. The van der Waals surface area contributed by atoms with Crippen LogP contribution in [0.5, 0.6) is 0 Å². The van der Waals surface area contributed by atoms with E-state index in [-0.39, 0.29) is 0 Å². The summed E-state index contributed by atoms with van der Waals surface area (Å²) < 4.78 is 0. The average molecular weight is 264 g/mol. The van der Waals surface area contributed by atoms with Gasteiger partial charge in [0.15, 0.2) is 11.5 Å². The van der Waals surface area contributed by atoms with E-state index in [1.54, 1.807) is 12.4 Å². The van der Waals surface area contributed by atoms with Crippen molar-refractivity contribution in [2.75, 3.05) is 18.0 Å². The molecule has 0 bridgehead atoms. The predicted octanol–water partition coefficient (Wildman–Crippen LogP) is 2.42. The van der Waals surface area contributed by atoms with E-state index in [1.165, 1.54) is 5.56 Å². The monoisotopic (exact) mass is 264 g/mol. The summed E-state index contributed by atoms with van der Waals surface area (Å²) in [6.45, 7) is 1.90. The number of anilines is 1. The molecule has 4 heteroatoms. The Bertz CT molecular complexity index is 618. The van der Waals surface area contributed by atoms with Crippen molar-refractivity contribution >= 4 is 5.82 Å². The molecule has 20 heavy (non-hydrogen) atoms. The molecule has 2 aromatic rings. The van der Waals surface area contributed by atoms with Crippen LogP contribution in [0.3, 0.4) is 0 Å². The summed E-state index contributed by atoms with van der Waals surface area (Å²) in [4.78, 5) is 10.6. The summed E-state index contributed by atoms with van der Waals surface area (Å²) in [5, 5.41) is 9.10. The van der Waals surface area contributed by atoms with Gasteiger partial charge in [0.25, 0.3) is 0 Å². The molecule has 1 aliphatic rings. The maximum atomic E-state index is 9.10. The van der Waals surface area contributed by atoms with Crippen LogP contribution in [0.15, 0.2) is 42.7 Å². The summed E-state index contributed by atoms with van der Waals surface area (Å²) in [6, 6.07) is 12.7. The molecule has 0 saturated carbocycles. The Hall–Kier alpha value is -2.41. The fourth-order valence-electron chi connectivity index (χ4n) is 2.78. The van der Waals surface area contributed by atoms with Crippen molar-refractivity contribution in [3.8, 4) is 6.07 Å². The Balaban J connectivity index is 1.69. The zero-order chi connectivity index (χ0) is 13.8. The summed E-state index contributed by atoms with van der Waals surface area (Å²) in [6.07, 6.45) is 5.44. The third kappa shape index (κ3) is 2.62. The minimum atomic E-state index is 0.424. The zero-order valence-corrected chi connectivity index (χ0v) is 11.2. The SMILES string of the molecule is N#Cc1nccnc1N1CC[C@@H](Cc2ccccc2)C1. The number of benzene rings is 1. The minimum absolute atomic E-state index is 0.424. The van der Waals surface area contributed by atoms with Crippen LogP contribution in [0.25, 0.3) is 0 Å². The molecule has 1 aromatic heterocycles. The molecule has 0 radical (unpaired) electrons. The van der Waals surface area contributed by atoms with Crippen molar-refractivity contribution in [2.45, 2.75) is 12.8 Å². The van der Waals surface area contributed by atoms with Gasteiger partial charge in [-0.2, -0.15) is 5.26 Å².